The Bertz CT molecular complexity index is 508. The lowest BCUT2D eigenvalue weighted by molar-refractivity contribution is 0.299. The van der Waals surface area contributed by atoms with Gasteiger partial charge in [-0.1, -0.05) is 12.1 Å². The monoisotopic (exact) mass is 248 g/mol. The van der Waals surface area contributed by atoms with Crippen molar-refractivity contribution in [2.75, 3.05) is 0 Å². The van der Waals surface area contributed by atoms with Crippen LogP contribution in [-0.2, 0) is 13.2 Å². The number of aromatic nitrogens is 1. The quantitative estimate of drug-likeness (QED) is 0.905. The van der Waals surface area contributed by atoms with Crippen LogP contribution in [0.1, 0.15) is 21.8 Å². The van der Waals surface area contributed by atoms with Crippen molar-refractivity contribution in [1.82, 2.24) is 4.98 Å². The molecule has 2 aromatic rings. The van der Waals surface area contributed by atoms with Gasteiger partial charge in [0, 0.05) is 11.9 Å². The molecule has 0 saturated carbocycles. The van der Waals surface area contributed by atoms with Gasteiger partial charge in [-0.05, 0) is 31.0 Å². The molecule has 2 rings (SSSR count). The van der Waals surface area contributed by atoms with E-state index in [2.05, 4.69) is 24.0 Å². The fourth-order valence-electron chi connectivity index (χ4n) is 1.52. The number of hydrogen-bond donors (Lipinski definition) is 1. The Morgan fingerprint density at radius 1 is 1.35 bits per heavy atom. The molecule has 0 atom stereocenters. The van der Waals surface area contributed by atoms with E-state index >= 15 is 0 Å². The van der Waals surface area contributed by atoms with Crippen molar-refractivity contribution in [3.05, 3.63) is 45.4 Å². The predicted molar refractivity (Wildman–Crippen MR) is 70.3 cm³/mol. The van der Waals surface area contributed by atoms with Crippen LogP contribution in [0.3, 0.4) is 0 Å². The molecule has 1 heterocycles. The van der Waals surface area contributed by atoms with Crippen molar-refractivity contribution in [2.45, 2.75) is 27.0 Å². The molecule has 2 N–H and O–H groups in total. The number of thiazole rings is 1. The Balaban J connectivity index is 2.04. The Hall–Kier alpha value is -1.39. The molecule has 0 unspecified atom stereocenters. The summed E-state index contributed by atoms with van der Waals surface area (Å²) in [5, 5.41) is 2.94. The lowest BCUT2D eigenvalue weighted by Crippen LogP contribution is -1.99. The number of rotatable bonds is 4. The topological polar surface area (TPSA) is 48.1 Å². The molecular weight excluding hydrogens is 232 g/mol. The van der Waals surface area contributed by atoms with Crippen LogP contribution in [0.5, 0.6) is 5.75 Å². The van der Waals surface area contributed by atoms with E-state index < -0.39 is 0 Å². The van der Waals surface area contributed by atoms with Crippen LogP contribution in [0.4, 0.5) is 0 Å². The van der Waals surface area contributed by atoms with Gasteiger partial charge in [-0.2, -0.15) is 0 Å². The third kappa shape index (κ3) is 3.05. The molecule has 0 saturated heterocycles. The van der Waals surface area contributed by atoms with Crippen molar-refractivity contribution in [3.8, 4) is 5.75 Å². The smallest absolute Gasteiger partial charge is 0.131 e. The third-order valence-corrected chi connectivity index (χ3v) is 3.41. The average Bonchev–Trinajstić information content (AvgIpc) is 2.78. The minimum atomic E-state index is 0.494. The van der Waals surface area contributed by atoms with E-state index in [0.29, 0.717) is 13.2 Å². The van der Waals surface area contributed by atoms with Gasteiger partial charge >= 0.3 is 0 Å². The minimum absolute atomic E-state index is 0.494. The SMILES string of the molecule is Cc1ccc(C)c(OCc2csc(CN)n2)c1. The van der Waals surface area contributed by atoms with Crippen LogP contribution >= 0.6 is 11.3 Å². The summed E-state index contributed by atoms with van der Waals surface area (Å²) in [6, 6.07) is 6.19. The first-order valence-corrected chi connectivity index (χ1v) is 6.40. The van der Waals surface area contributed by atoms with Crippen molar-refractivity contribution in [1.29, 1.82) is 0 Å². The fraction of sp³-hybridized carbons (Fsp3) is 0.308. The molecule has 0 aliphatic rings. The minimum Gasteiger partial charge on any atom is -0.487 e. The molecule has 0 radical (unpaired) electrons. The van der Waals surface area contributed by atoms with Gasteiger partial charge in [-0.15, -0.1) is 11.3 Å². The maximum Gasteiger partial charge on any atom is 0.131 e. The van der Waals surface area contributed by atoms with Gasteiger partial charge in [0.25, 0.3) is 0 Å². The predicted octanol–water partition coefficient (Wildman–Crippen LogP) is 2.80. The van der Waals surface area contributed by atoms with Crippen LogP contribution in [0.2, 0.25) is 0 Å². The molecule has 0 spiro atoms. The van der Waals surface area contributed by atoms with Crippen LogP contribution in [-0.4, -0.2) is 4.98 Å². The van der Waals surface area contributed by atoms with Gasteiger partial charge in [0.1, 0.15) is 17.4 Å². The lowest BCUT2D eigenvalue weighted by atomic mass is 10.1. The molecule has 0 amide bonds. The Kier molecular flexibility index (Phi) is 3.76. The molecule has 1 aromatic carbocycles. The van der Waals surface area contributed by atoms with E-state index in [1.54, 1.807) is 11.3 Å². The second-order valence-corrected chi connectivity index (χ2v) is 4.94. The first-order chi connectivity index (χ1) is 8.19. The Labute approximate surface area is 105 Å². The summed E-state index contributed by atoms with van der Waals surface area (Å²) in [6.45, 7) is 5.09. The number of hydrogen-bond acceptors (Lipinski definition) is 4. The zero-order valence-corrected chi connectivity index (χ0v) is 10.9. The second kappa shape index (κ2) is 5.29. The summed E-state index contributed by atoms with van der Waals surface area (Å²) in [5.41, 5.74) is 8.81. The molecule has 0 fully saturated rings. The fourth-order valence-corrected chi connectivity index (χ4v) is 2.18. The van der Waals surface area contributed by atoms with Crippen molar-refractivity contribution < 1.29 is 4.74 Å². The molecule has 0 bridgehead atoms. The third-order valence-electron chi connectivity index (χ3n) is 2.49. The summed E-state index contributed by atoms with van der Waals surface area (Å²) in [6.07, 6.45) is 0. The van der Waals surface area contributed by atoms with E-state index in [-0.39, 0.29) is 0 Å². The summed E-state index contributed by atoms with van der Waals surface area (Å²) >= 11 is 1.58. The van der Waals surface area contributed by atoms with Gasteiger partial charge in [0.05, 0.1) is 5.69 Å². The number of benzene rings is 1. The van der Waals surface area contributed by atoms with Gasteiger partial charge in [-0.25, -0.2) is 4.98 Å². The maximum absolute atomic E-state index is 5.76. The maximum atomic E-state index is 5.76. The highest BCUT2D eigenvalue weighted by atomic mass is 32.1. The standard InChI is InChI=1S/C13H16N2OS/c1-9-3-4-10(2)12(5-9)16-7-11-8-17-13(6-14)15-11/h3-5,8H,6-7,14H2,1-2H3. The average molecular weight is 248 g/mol. The van der Waals surface area contributed by atoms with Gasteiger partial charge in [0.2, 0.25) is 0 Å². The van der Waals surface area contributed by atoms with E-state index in [1.807, 2.05) is 18.4 Å². The molecule has 1 aromatic heterocycles. The molecule has 0 aliphatic carbocycles. The van der Waals surface area contributed by atoms with Crippen LogP contribution in [0.25, 0.3) is 0 Å². The van der Waals surface area contributed by atoms with Crippen molar-refractivity contribution >= 4 is 11.3 Å². The van der Waals surface area contributed by atoms with Gasteiger partial charge in [-0.3, -0.25) is 0 Å². The molecule has 3 nitrogen and oxygen atoms in total. The van der Waals surface area contributed by atoms with Crippen LogP contribution in [0.15, 0.2) is 23.6 Å². The zero-order chi connectivity index (χ0) is 12.3. The number of nitrogens with two attached hydrogens (primary N) is 1. The van der Waals surface area contributed by atoms with E-state index in [9.17, 15) is 0 Å². The molecule has 17 heavy (non-hydrogen) atoms. The van der Waals surface area contributed by atoms with Crippen LogP contribution in [0, 0.1) is 13.8 Å². The first kappa shape index (κ1) is 12.1. The van der Waals surface area contributed by atoms with E-state index in [1.165, 1.54) is 5.56 Å². The summed E-state index contributed by atoms with van der Waals surface area (Å²) in [7, 11) is 0. The lowest BCUT2D eigenvalue weighted by Gasteiger charge is -2.08. The molecule has 4 heteroatoms. The molecule has 0 aliphatic heterocycles. The van der Waals surface area contributed by atoms with E-state index in [4.69, 9.17) is 10.5 Å². The van der Waals surface area contributed by atoms with Gasteiger partial charge < -0.3 is 10.5 Å². The van der Waals surface area contributed by atoms with E-state index in [0.717, 1.165) is 22.0 Å². The second-order valence-electron chi connectivity index (χ2n) is 3.99. The molecular formula is C13H16N2OS. The summed E-state index contributed by atoms with van der Waals surface area (Å²) in [4.78, 5) is 4.36. The summed E-state index contributed by atoms with van der Waals surface area (Å²) in [5.74, 6) is 0.923. The molecule has 90 valence electrons. The highest BCUT2D eigenvalue weighted by molar-refractivity contribution is 7.09. The highest BCUT2D eigenvalue weighted by Gasteiger charge is 2.03. The first-order valence-electron chi connectivity index (χ1n) is 5.52. The van der Waals surface area contributed by atoms with Crippen LogP contribution < -0.4 is 10.5 Å². The Morgan fingerprint density at radius 2 is 2.18 bits per heavy atom. The highest BCUT2D eigenvalue weighted by Crippen LogP contribution is 2.20. The van der Waals surface area contributed by atoms with Crippen molar-refractivity contribution in [3.63, 3.8) is 0 Å². The normalized spacial score (nSPS) is 10.5. The number of ether oxygens (including phenoxy) is 1. The number of aryl methyl sites for hydroxylation is 2. The summed E-state index contributed by atoms with van der Waals surface area (Å²) < 4.78 is 5.76. The zero-order valence-electron chi connectivity index (χ0n) is 10.1. The number of nitrogens with zero attached hydrogens (tertiary/aromatic N) is 1. The van der Waals surface area contributed by atoms with Gasteiger partial charge in [0.15, 0.2) is 0 Å². The Morgan fingerprint density at radius 3 is 2.88 bits per heavy atom. The largest absolute Gasteiger partial charge is 0.487 e. The van der Waals surface area contributed by atoms with Crippen molar-refractivity contribution in [2.24, 2.45) is 5.73 Å².